The Morgan fingerprint density at radius 3 is 1.33 bits per heavy atom. The highest BCUT2D eigenvalue weighted by molar-refractivity contribution is 5.93. The largest absolute Gasteiger partial charge is 0.504 e. The number of benzene rings is 4. The van der Waals surface area contributed by atoms with E-state index in [0.29, 0.717) is 11.1 Å². The monoisotopic (exact) mass is 474 g/mol. The van der Waals surface area contributed by atoms with E-state index in [9.17, 15) is 20.4 Å². The molecule has 0 aliphatic heterocycles. The molecule has 0 spiro atoms. The van der Waals surface area contributed by atoms with Crippen LogP contribution in [0.15, 0.2) is 84.9 Å². The van der Waals surface area contributed by atoms with Gasteiger partial charge in [-0.1, -0.05) is 60.7 Å². The number of aromatic nitrogens is 2. The molecule has 1 aliphatic rings. The van der Waals surface area contributed by atoms with Gasteiger partial charge in [-0.05, 0) is 35.4 Å². The van der Waals surface area contributed by atoms with Crippen molar-refractivity contribution in [1.82, 2.24) is 9.97 Å². The summed E-state index contributed by atoms with van der Waals surface area (Å²) in [5.74, 6) is -1.52. The topological polar surface area (TPSA) is 113 Å². The summed E-state index contributed by atoms with van der Waals surface area (Å²) in [4.78, 5) is 7.18. The molecule has 0 bridgehead atoms. The molecule has 0 fully saturated rings. The SMILES string of the molecule is Oc1cccc(C2c3[nH]c4ccccc4c3C(c3cccc(O)c3O)c3[nH]c4ccccc4c32)c1O. The molecule has 0 amide bonds. The third-order valence-corrected chi connectivity index (χ3v) is 7.42. The van der Waals surface area contributed by atoms with Crippen molar-refractivity contribution in [3.05, 3.63) is 119 Å². The molecule has 0 radical (unpaired) electrons. The van der Waals surface area contributed by atoms with Gasteiger partial charge in [0.25, 0.3) is 0 Å². The summed E-state index contributed by atoms with van der Waals surface area (Å²) in [7, 11) is 0. The van der Waals surface area contributed by atoms with Gasteiger partial charge in [0.15, 0.2) is 23.0 Å². The minimum Gasteiger partial charge on any atom is -0.504 e. The van der Waals surface area contributed by atoms with Gasteiger partial charge in [-0.3, -0.25) is 0 Å². The molecule has 36 heavy (non-hydrogen) atoms. The van der Waals surface area contributed by atoms with Crippen LogP contribution in [0.25, 0.3) is 21.8 Å². The fourth-order valence-corrected chi connectivity index (χ4v) is 5.92. The predicted molar refractivity (Wildman–Crippen MR) is 138 cm³/mol. The average Bonchev–Trinajstić information content (AvgIpc) is 3.46. The van der Waals surface area contributed by atoms with E-state index in [-0.39, 0.29) is 23.0 Å². The predicted octanol–water partition coefficient (Wildman–Crippen LogP) is 6.15. The Kier molecular flexibility index (Phi) is 4.18. The van der Waals surface area contributed by atoms with Gasteiger partial charge >= 0.3 is 0 Å². The number of aromatic hydroxyl groups is 4. The van der Waals surface area contributed by atoms with Crippen LogP contribution in [0.5, 0.6) is 23.0 Å². The first kappa shape index (κ1) is 20.5. The molecule has 2 unspecified atom stereocenters. The summed E-state index contributed by atoms with van der Waals surface area (Å²) in [6.07, 6.45) is 0. The van der Waals surface area contributed by atoms with Crippen LogP contribution in [0.4, 0.5) is 0 Å². The molecule has 4 aromatic carbocycles. The van der Waals surface area contributed by atoms with Gasteiger partial charge in [-0.2, -0.15) is 0 Å². The fourth-order valence-electron chi connectivity index (χ4n) is 5.92. The Morgan fingerprint density at radius 2 is 0.889 bits per heavy atom. The van der Waals surface area contributed by atoms with E-state index < -0.39 is 11.8 Å². The van der Waals surface area contributed by atoms with Crippen LogP contribution in [0.3, 0.4) is 0 Å². The van der Waals surface area contributed by atoms with Crippen LogP contribution in [-0.4, -0.2) is 30.4 Å². The van der Waals surface area contributed by atoms with Crippen LogP contribution in [0.2, 0.25) is 0 Å². The number of rotatable bonds is 2. The molecule has 2 heterocycles. The van der Waals surface area contributed by atoms with Crippen molar-refractivity contribution >= 4 is 21.8 Å². The maximum Gasteiger partial charge on any atom is 0.161 e. The number of nitrogens with one attached hydrogen (secondary N) is 2. The number of H-pyrrole nitrogens is 2. The minimum absolute atomic E-state index is 0.165. The number of hydrogen-bond donors (Lipinski definition) is 6. The standard InChI is InChI=1S/C30H22N2O4/c33-21-13-5-9-17(29(21)35)25-23-15-7-1-3-11-19(15)31-27(23)26(18-10-6-14-22(34)30(18)36)24-16-8-2-4-12-20(16)32-28(24)25/h1-14,25-26,31-36H. The number of phenols is 4. The summed E-state index contributed by atoms with van der Waals surface area (Å²) >= 11 is 0. The van der Waals surface area contributed by atoms with Gasteiger partial charge in [0.2, 0.25) is 0 Å². The summed E-state index contributed by atoms with van der Waals surface area (Å²) in [6, 6.07) is 26.0. The lowest BCUT2D eigenvalue weighted by atomic mass is 9.72. The summed E-state index contributed by atoms with van der Waals surface area (Å²) < 4.78 is 0. The van der Waals surface area contributed by atoms with Gasteiger partial charge in [0.05, 0.1) is 11.8 Å². The molecule has 176 valence electrons. The van der Waals surface area contributed by atoms with Gasteiger partial charge in [0, 0.05) is 44.3 Å². The number of phenolic OH excluding ortho intramolecular Hbond substituents is 4. The quantitative estimate of drug-likeness (QED) is 0.169. The van der Waals surface area contributed by atoms with Crippen molar-refractivity contribution in [3.63, 3.8) is 0 Å². The second-order valence-electron chi connectivity index (χ2n) is 9.29. The molecule has 0 saturated heterocycles. The van der Waals surface area contributed by atoms with E-state index >= 15 is 0 Å². The number of aromatic amines is 2. The average molecular weight is 475 g/mol. The van der Waals surface area contributed by atoms with Crippen LogP contribution in [-0.2, 0) is 0 Å². The lowest BCUT2D eigenvalue weighted by Crippen LogP contribution is -2.19. The van der Waals surface area contributed by atoms with Crippen LogP contribution in [0.1, 0.15) is 45.5 Å². The Labute approximate surface area is 205 Å². The Morgan fingerprint density at radius 1 is 0.472 bits per heavy atom. The maximum absolute atomic E-state index is 11.0. The highest BCUT2D eigenvalue weighted by Gasteiger charge is 2.41. The number of fused-ring (bicyclic) bond motifs is 6. The van der Waals surface area contributed by atoms with E-state index in [1.165, 1.54) is 12.1 Å². The molecule has 6 aromatic rings. The van der Waals surface area contributed by atoms with E-state index in [1.54, 1.807) is 12.1 Å². The first-order valence-corrected chi connectivity index (χ1v) is 11.8. The molecular formula is C30H22N2O4. The second kappa shape index (κ2) is 7.33. The van der Waals surface area contributed by atoms with Gasteiger partial charge in [-0.15, -0.1) is 0 Å². The highest BCUT2D eigenvalue weighted by atomic mass is 16.3. The van der Waals surface area contributed by atoms with E-state index in [2.05, 4.69) is 9.97 Å². The zero-order chi connectivity index (χ0) is 24.6. The van der Waals surface area contributed by atoms with Crippen molar-refractivity contribution in [2.45, 2.75) is 11.8 Å². The molecule has 1 aliphatic carbocycles. The van der Waals surface area contributed by atoms with Crippen molar-refractivity contribution in [2.24, 2.45) is 0 Å². The molecule has 6 nitrogen and oxygen atoms in total. The Balaban J connectivity index is 1.66. The third-order valence-electron chi connectivity index (χ3n) is 7.42. The van der Waals surface area contributed by atoms with Crippen molar-refractivity contribution in [3.8, 4) is 23.0 Å². The fraction of sp³-hybridized carbons (Fsp3) is 0.0667. The van der Waals surface area contributed by atoms with E-state index in [1.807, 2.05) is 60.7 Å². The maximum atomic E-state index is 11.0. The molecule has 7 rings (SSSR count). The zero-order valence-electron chi connectivity index (χ0n) is 19.0. The number of hydrogen-bond acceptors (Lipinski definition) is 4. The van der Waals surface area contributed by atoms with Crippen molar-refractivity contribution < 1.29 is 20.4 Å². The molecule has 6 N–H and O–H groups in total. The lowest BCUT2D eigenvalue weighted by Gasteiger charge is -2.31. The van der Waals surface area contributed by atoms with E-state index in [4.69, 9.17) is 0 Å². The third kappa shape index (κ3) is 2.66. The van der Waals surface area contributed by atoms with Gasteiger partial charge < -0.3 is 30.4 Å². The second-order valence-corrected chi connectivity index (χ2v) is 9.29. The van der Waals surface area contributed by atoms with Gasteiger partial charge in [0.1, 0.15) is 0 Å². The zero-order valence-corrected chi connectivity index (χ0v) is 19.0. The Bertz CT molecular complexity index is 1680. The normalized spacial score (nSPS) is 16.8. The first-order valence-electron chi connectivity index (χ1n) is 11.8. The lowest BCUT2D eigenvalue weighted by molar-refractivity contribution is 0.397. The highest BCUT2D eigenvalue weighted by Crippen LogP contribution is 2.56. The smallest absolute Gasteiger partial charge is 0.161 e. The summed E-state index contributed by atoms with van der Waals surface area (Å²) in [5, 5.41) is 44.8. The molecule has 0 saturated carbocycles. The Hall–Kier alpha value is -4.84. The minimum atomic E-state index is -0.415. The van der Waals surface area contributed by atoms with E-state index in [0.717, 1.165) is 44.3 Å². The van der Waals surface area contributed by atoms with Gasteiger partial charge in [-0.25, -0.2) is 0 Å². The summed E-state index contributed by atoms with van der Waals surface area (Å²) in [5.41, 5.74) is 6.61. The molecule has 6 heteroatoms. The first-order chi connectivity index (χ1) is 17.5. The molecular weight excluding hydrogens is 452 g/mol. The summed E-state index contributed by atoms with van der Waals surface area (Å²) in [6.45, 7) is 0. The van der Waals surface area contributed by atoms with Crippen LogP contribution in [0, 0.1) is 0 Å². The molecule has 2 atom stereocenters. The number of para-hydroxylation sites is 4. The van der Waals surface area contributed by atoms with Crippen molar-refractivity contribution in [2.75, 3.05) is 0 Å². The van der Waals surface area contributed by atoms with Crippen LogP contribution < -0.4 is 0 Å². The van der Waals surface area contributed by atoms with Crippen molar-refractivity contribution in [1.29, 1.82) is 0 Å². The molecule has 2 aromatic heterocycles. The van der Waals surface area contributed by atoms with Crippen LogP contribution >= 0.6 is 0 Å².